The van der Waals surface area contributed by atoms with E-state index in [9.17, 15) is 8.78 Å². The largest absolute Gasteiger partial charge is 0.467 e. The lowest BCUT2D eigenvalue weighted by Crippen LogP contribution is -2.31. The summed E-state index contributed by atoms with van der Waals surface area (Å²) in [5.41, 5.74) is 0. The Balaban J connectivity index is 2.70. The van der Waals surface area contributed by atoms with Crippen LogP contribution in [0.1, 0.15) is 0 Å². The van der Waals surface area contributed by atoms with Gasteiger partial charge in [0.05, 0.1) is 13.7 Å². The van der Waals surface area contributed by atoms with Crippen molar-refractivity contribution < 1.29 is 18.6 Å². The van der Waals surface area contributed by atoms with Crippen LogP contribution in [0.4, 0.5) is 14.7 Å². The molecule has 6 nitrogen and oxygen atoms in total. The fraction of sp³-hybridized carbons (Fsp3) is 0.571. The number of aliphatic hydroxyl groups excluding tert-OH is 1. The van der Waals surface area contributed by atoms with E-state index in [0.29, 0.717) is 0 Å². The number of aromatic nitrogens is 3. The monoisotopic (exact) mass is 254 g/mol. The molecule has 0 radical (unpaired) electrons. The quantitative estimate of drug-likeness (QED) is 0.800. The first-order valence-electron chi connectivity index (χ1n) is 4.15. The molecule has 0 aliphatic heterocycles. The predicted octanol–water partition coefficient (Wildman–Crippen LogP) is 0.573. The van der Waals surface area contributed by atoms with Gasteiger partial charge in [0.2, 0.25) is 11.2 Å². The summed E-state index contributed by atoms with van der Waals surface area (Å²) in [6.45, 7) is -2.08. The van der Waals surface area contributed by atoms with Gasteiger partial charge in [0, 0.05) is 0 Å². The Bertz CT molecular complexity index is 366. The van der Waals surface area contributed by atoms with Gasteiger partial charge in [0.25, 0.3) is 5.92 Å². The lowest BCUT2D eigenvalue weighted by atomic mass is 10.3. The van der Waals surface area contributed by atoms with E-state index in [1.165, 1.54) is 7.11 Å². The second-order valence-electron chi connectivity index (χ2n) is 2.78. The minimum Gasteiger partial charge on any atom is -0.467 e. The van der Waals surface area contributed by atoms with Crippen molar-refractivity contribution in [2.45, 2.75) is 5.92 Å². The highest BCUT2D eigenvalue weighted by Crippen LogP contribution is 2.15. The molecule has 0 atom stereocenters. The first-order chi connectivity index (χ1) is 7.46. The molecular formula is C7H9ClF2N4O2. The van der Waals surface area contributed by atoms with Gasteiger partial charge in [-0.2, -0.15) is 15.0 Å². The van der Waals surface area contributed by atoms with Gasteiger partial charge in [-0.05, 0) is 11.6 Å². The van der Waals surface area contributed by atoms with Crippen molar-refractivity contribution in [3.8, 4) is 6.01 Å². The highest BCUT2D eigenvalue weighted by molar-refractivity contribution is 6.28. The molecule has 1 aromatic rings. The zero-order valence-corrected chi connectivity index (χ0v) is 9.00. The predicted molar refractivity (Wildman–Crippen MR) is 51.9 cm³/mol. The maximum Gasteiger partial charge on any atom is 0.322 e. The summed E-state index contributed by atoms with van der Waals surface area (Å²) >= 11 is 5.49. The van der Waals surface area contributed by atoms with Crippen LogP contribution in [-0.2, 0) is 0 Å². The van der Waals surface area contributed by atoms with Crippen molar-refractivity contribution in [3.05, 3.63) is 5.28 Å². The number of rotatable bonds is 5. The van der Waals surface area contributed by atoms with Crippen LogP contribution in [0.2, 0.25) is 5.28 Å². The van der Waals surface area contributed by atoms with E-state index in [-0.39, 0.29) is 17.2 Å². The number of halogens is 3. The lowest BCUT2D eigenvalue weighted by Gasteiger charge is -2.13. The molecule has 0 aromatic carbocycles. The van der Waals surface area contributed by atoms with Crippen molar-refractivity contribution in [2.24, 2.45) is 0 Å². The van der Waals surface area contributed by atoms with E-state index in [4.69, 9.17) is 16.7 Å². The average Bonchev–Trinajstić information content (AvgIpc) is 2.26. The second kappa shape index (κ2) is 5.17. The Morgan fingerprint density at radius 3 is 2.69 bits per heavy atom. The average molecular weight is 255 g/mol. The molecule has 90 valence electrons. The summed E-state index contributed by atoms with van der Waals surface area (Å²) in [6.07, 6.45) is 0. The molecular weight excluding hydrogens is 246 g/mol. The fourth-order valence-electron chi connectivity index (χ4n) is 0.767. The third-order valence-electron chi connectivity index (χ3n) is 1.51. The lowest BCUT2D eigenvalue weighted by molar-refractivity contribution is -0.0374. The van der Waals surface area contributed by atoms with Crippen molar-refractivity contribution in [2.75, 3.05) is 25.6 Å². The Hall–Kier alpha value is -1.28. The minimum absolute atomic E-state index is 0.0881. The zero-order chi connectivity index (χ0) is 12.2. The molecule has 0 aliphatic rings. The van der Waals surface area contributed by atoms with E-state index in [0.717, 1.165) is 0 Å². The molecule has 1 aromatic heterocycles. The van der Waals surface area contributed by atoms with Crippen LogP contribution in [0.3, 0.4) is 0 Å². The van der Waals surface area contributed by atoms with Crippen molar-refractivity contribution in [1.29, 1.82) is 0 Å². The summed E-state index contributed by atoms with van der Waals surface area (Å²) < 4.78 is 30.0. The van der Waals surface area contributed by atoms with Crippen molar-refractivity contribution in [3.63, 3.8) is 0 Å². The SMILES string of the molecule is COc1nc(Cl)nc(NCC(F)(F)CO)n1. The van der Waals surface area contributed by atoms with Gasteiger partial charge in [-0.15, -0.1) is 0 Å². The van der Waals surface area contributed by atoms with Gasteiger partial charge in [-0.1, -0.05) is 0 Å². The normalized spacial score (nSPS) is 11.3. The van der Waals surface area contributed by atoms with E-state index in [1.807, 2.05) is 0 Å². The number of methoxy groups -OCH3 is 1. The minimum atomic E-state index is -3.26. The second-order valence-corrected chi connectivity index (χ2v) is 3.12. The third-order valence-corrected chi connectivity index (χ3v) is 1.68. The van der Waals surface area contributed by atoms with Crippen LogP contribution >= 0.6 is 11.6 Å². The molecule has 0 bridgehead atoms. The van der Waals surface area contributed by atoms with Crippen LogP contribution < -0.4 is 10.1 Å². The van der Waals surface area contributed by atoms with Crippen molar-refractivity contribution >= 4 is 17.5 Å². The summed E-state index contributed by atoms with van der Waals surface area (Å²) in [4.78, 5) is 10.8. The topological polar surface area (TPSA) is 80.2 Å². The summed E-state index contributed by atoms with van der Waals surface area (Å²) in [5, 5.41) is 10.4. The standard InChI is InChI=1S/C7H9ClF2N4O2/c1-16-6-13-4(8)12-5(14-6)11-2-7(9,10)3-15/h15H,2-3H2,1H3,(H,11,12,13,14). The number of nitrogens with one attached hydrogen (secondary N) is 1. The molecule has 0 saturated heterocycles. The first kappa shape index (κ1) is 12.8. The van der Waals surface area contributed by atoms with Crippen LogP contribution in [0, 0.1) is 0 Å². The van der Waals surface area contributed by atoms with E-state index < -0.39 is 19.1 Å². The Morgan fingerprint density at radius 2 is 2.12 bits per heavy atom. The maximum absolute atomic E-state index is 12.7. The molecule has 0 saturated carbocycles. The number of hydrogen-bond acceptors (Lipinski definition) is 6. The van der Waals surface area contributed by atoms with Crippen LogP contribution in [0.15, 0.2) is 0 Å². The van der Waals surface area contributed by atoms with Crippen LogP contribution in [0.5, 0.6) is 6.01 Å². The molecule has 2 N–H and O–H groups in total. The van der Waals surface area contributed by atoms with Gasteiger partial charge in [-0.3, -0.25) is 0 Å². The molecule has 0 aliphatic carbocycles. The molecule has 9 heteroatoms. The molecule has 0 amide bonds. The van der Waals surface area contributed by atoms with E-state index >= 15 is 0 Å². The molecule has 0 spiro atoms. The van der Waals surface area contributed by atoms with Gasteiger partial charge in [-0.25, -0.2) is 8.78 Å². The van der Waals surface area contributed by atoms with Crippen molar-refractivity contribution in [1.82, 2.24) is 15.0 Å². The third kappa shape index (κ3) is 3.70. The van der Waals surface area contributed by atoms with Gasteiger partial charge in [0.1, 0.15) is 6.61 Å². The molecule has 1 heterocycles. The Kier molecular flexibility index (Phi) is 4.13. The summed E-state index contributed by atoms with van der Waals surface area (Å²) in [7, 11) is 1.30. The highest BCUT2D eigenvalue weighted by Gasteiger charge is 2.27. The Morgan fingerprint density at radius 1 is 1.44 bits per heavy atom. The van der Waals surface area contributed by atoms with E-state index in [1.54, 1.807) is 0 Å². The summed E-state index contributed by atoms with van der Waals surface area (Å²) in [5.74, 6) is -3.41. The molecule has 0 fully saturated rings. The number of ether oxygens (including phenoxy) is 1. The Labute approximate surface area is 94.6 Å². The van der Waals surface area contributed by atoms with Crippen LogP contribution in [-0.4, -0.2) is 46.2 Å². The maximum atomic E-state index is 12.7. The zero-order valence-electron chi connectivity index (χ0n) is 8.25. The van der Waals surface area contributed by atoms with Gasteiger partial charge < -0.3 is 15.2 Å². The summed E-state index contributed by atoms with van der Waals surface area (Å²) in [6, 6.07) is -0.0881. The van der Waals surface area contributed by atoms with Gasteiger partial charge >= 0.3 is 6.01 Å². The number of hydrogen-bond donors (Lipinski definition) is 2. The number of alkyl halides is 2. The highest BCUT2D eigenvalue weighted by atomic mass is 35.5. The fourth-order valence-corrected chi connectivity index (χ4v) is 0.919. The number of anilines is 1. The number of nitrogens with zero attached hydrogens (tertiary/aromatic N) is 3. The smallest absolute Gasteiger partial charge is 0.322 e. The van der Waals surface area contributed by atoms with Crippen LogP contribution in [0.25, 0.3) is 0 Å². The molecule has 16 heavy (non-hydrogen) atoms. The molecule has 1 rings (SSSR count). The van der Waals surface area contributed by atoms with Gasteiger partial charge in [0.15, 0.2) is 0 Å². The number of aliphatic hydroxyl groups is 1. The van der Waals surface area contributed by atoms with E-state index in [2.05, 4.69) is 25.0 Å². The molecule has 0 unspecified atom stereocenters. The first-order valence-corrected chi connectivity index (χ1v) is 4.53.